The van der Waals surface area contributed by atoms with E-state index >= 15 is 0 Å². The summed E-state index contributed by atoms with van der Waals surface area (Å²) in [7, 11) is 0. The number of H-pyrrole nitrogens is 1. The molecule has 1 aromatic carbocycles. The lowest BCUT2D eigenvalue weighted by Crippen LogP contribution is -2.36. The fourth-order valence-electron chi connectivity index (χ4n) is 2.35. The van der Waals surface area contributed by atoms with E-state index in [1.165, 1.54) is 12.5 Å². The number of hydrogen-bond donors (Lipinski definition) is 2. The zero-order chi connectivity index (χ0) is 15.4. The van der Waals surface area contributed by atoms with Gasteiger partial charge in [-0.05, 0) is 12.1 Å². The Balaban J connectivity index is 1.85. The van der Waals surface area contributed by atoms with Gasteiger partial charge in [-0.25, -0.2) is 4.98 Å². The monoisotopic (exact) mass is 300 g/mol. The maximum atomic E-state index is 12.3. The number of aromatic amines is 1. The first-order valence-corrected chi connectivity index (χ1v) is 7.01. The average molecular weight is 300 g/mol. The SMILES string of the molecule is O=C(Nc1ccccc1N1CCOCC1)c1cnc[nH]c1=O. The highest BCUT2D eigenvalue weighted by Gasteiger charge is 2.17. The molecular formula is C15H16N4O3. The van der Waals surface area contributed by atoms with Gasteiger partial charge in [0.1, 0.15) is 5.56 Å². The summed E-state index contributed by atoms with van der Waals surface area (Å²) in [6.07, 6.45) is 2.51. The van der Waals surface area contributed by atoms with Crippen molar-refractivity contribution in [3.63, 3.8) is 0 Å². The standard InChI is InChI=1S/C15H16N4O3/c20-14-11(9-16-10-17-14)15(21)18-12-3-1-2-4-13(12)19-5-7-22-8-6-19/h1-4,9-10H,5-8H2,(H,18,21)(H,16,17,20). The van der Waals surface area contributed by atoms with Crippen LogP contribution in [0.2, 0.25) is 0 Å². The fourth-order valence-corrected chi connectivity index (χ4v) is 2.35. The molecule has 0 radical (unpaired) electrons. The van der Waals surface area contributed by atoms with E-state index in [2.05, 4.69) is 20.2 Å². The lowest BCUT2D eigenvalue weighted by atomic mass is 10.2. The molecule has 1 aliphatic heterocycles. The minimum Gasteiger partial charge on any atom is -0.378 e. The number of nitrogens with zero attached hydrogens (tertiary/aromatic N) is 2. The molecule has 1 fully saturated rings. The van der Waals surface area contributed by atoms with E-state index in [0.29, 0.717) is 18.9 Å². The lowest BCUT2D eigenvalue weighted by Gasteiger charge is -2.30. The van der Waals surface area contributed by atoms with Crippen LogP contribution in [0, 0.1) is 0 Å². The molecule has 1 saturated heterocycles. The normalized spacial score (nSPS) is 14.6. The molecule has 2 aromatic rings. The van der Waals surface area contributed by atoms with Crippen LogP contribution in [0.3, 0.4) is 0 Å². The molecule has 1 amide bonds. The van der Waals surface area contributed by atoms with Gasteiger partial charge < -0.3 is 19.9 Å². The lowest BCUT2D eigenvalue weighted by molar-refractivity contribution is 0.102. The van der Waals surface area contributed by atoms with E-state index in [1.54, 1.807) is 0 Å². The molecule has 0 spiro atoms. The zero-order valence-corrected chi connectivity index (χ0v) is 11.9. The van der Waals surface area contributed by atoms with Crippen LogP contribution in [0.5, 0.6) is 0 Å². The predicted molar refractivity (Wildman–Crippen MR) is 82.3 cm³/mol. The van der Waals surface area contributed by atoms with E-state index in [-0.39, 0.29) is 5.56 Å². The highest BCUT2D eigenvalue weighted by atomic mass is 16.5. The Morgan fingerprint density at radius 2 is 2.05 bits per heavy atom. The molecule has 1 aliphatic rings. The molecule has 0 unspecified atom stereocenters. The molecule has 0 aliphatic carbocycles. The Kier molecular flexibility index (Phi) is 4.15. The van der Waals surface area contributed by atoms with Crippen molar-refractivity contribution >= 4 is 17.3 Å². The molecule has 2 heterocycles. The number of morpholine rings is 1. The van der Waals surface area contributed by atoms with Crippen LogP contribution < -0.4 is 15.8 Å². The van der Waals surface area contributed by atoms with E-state index in [1.807, 2.05) is 24.3 Å². The average Bonchev–Trinajstić information content (AvgIpc) is 2.56. The highest BCUT2D eigenvalue weighted by Crippen LogP contribution is 2.26. The summed E-state index contributed by atoms with van der Waals surface area (Å²) in [5, 5.41) is 2.78. The second-order valence-electron chi connectivity index (χ2n) is 4.87. The molecule has 0 bridgehead atoms. The van der Waals surface area contributed by atoms with Crippen LogP contribution in [0.1, 0.15) is 10.4 Å². The number of aromatic nitrogens is 2. The number of hydrogen-bond acceptors (Lipinski definition) is 5. The highest BCUT2D eigenvalue weighted by molar-refractivity contribution is 6.05. The molecule has 0 atom stereocenters. The molecular weight excluding hydrogens is 284 g/mol. The molecule has 1 aromatic heterocycles. The number of para-hydroxylation sites is 2. The number of rotatable bonds is 3. The second-order valence-corrected chi connectivity index (χ2v) is 4.87. The Bertz CT molecular complexity index is 722. The van der Waals surface area contributed by atoms with Gasteiger partial charge in [-0.3, -0.25) is 9.59 Å². The van der Waals surface area contributed by atoms with Gasteiger partial charge in [0.25, 0.3) is 11.5 Å². The van der Waals surface area contributed by atoms with Crippen LogP contribution in [0.25, 0.3) is 0 Å². The Hall–Kier alpha value is -2.67. The van der Waals surface area contributed by atoms with E-state index in [4.69, 9.17) is 4.74 Å². The Morgan fingerprint density at radius 1 is 1.27 bits per heavy atom. The summed E-state index contributed by atoms with van der Waals surface area (Å²) in [4.78, 5) is 32.2. The summed E-state index contributed by atoms with van der Waals surface area (Å²) >= 11 is 0. The summed E-state index contributed by atoms with van der Waals surface area (Å²) in [5.41, 5.74) is 1.10. The largest absolute Gasteiger partial charge is 0.378 e. The molecule has 22 heavy (non-hydrogen) atoms. The van der Waals surface area contributed by atoms with Crippen LogP contribution in [-0.2, 0) is 4.74 Å². The number of benzene rings is 1. The van der Waals surface area contributed by atoms with Crippen molar-refractivity contribution in [2.45, 2.75) is 0 Å². The first kappa shape index (κ1) is 14.3. The second kappa shape index (κ2) is 6.40. The van der Waals surface area contributed by atoms with Gasteiger partial charge in [-0.1, -0.05) is 12.1 Å². The number of anilines is 2. The summed E-state index contributed by atoms with van der Waals surface area (Å²) in [5.74, 6) is -0.477. The summed E-state index contributed by atoms with van der Waals surface area (Å²) in [6, 6.07) is 7.51. The number of amides is 1. The van der Waals surface area contributed by atoms with Crippen LogP contribution in [0.15, 0.2) is 41.6 Å². The van der Waals surface area contributed by atoms with Crippen molar-refractivity contribution in [1.82, 2.24) is 9.97 Å². The third kappa shape index (κ3) is 2.99. The summed E-state index contributed by atoms with van der Waals surface area (Å²) < 4.78 is 5.34. The van der Waals surface area contributed by atoms with Gasteiger partial charge in [0.15, 0.2) is 0 Å². The Labute approximate surface area is 126 Å². The third-order valence-corrected chi connectivity index (χ3v) is 3.47. The molecule has 0 saturated carbocycles. The van der Waals surface area contributed by atoms with Gasteiger partial charge >= 0.3 is 0 Å². The van der Waals surface area contributed by atoms with Crippen molar-refractivity contribution in [3.8, 4) is 0 Å². The summed E-state index contributed by atoms with van der Waals surface area (Å²) in [6.45, 7) is 2.84. The number of carbonyl (C=O) groups excluding carboxylic acids is 1. The maximum Gasteiger partial charge on any atom is 0.263 e. The number of ether oxygens (including phenoxy) is 1. The van der Waals surface area contributed by atoms with E-state index in [9.17, 15) is 9.59 Å². The van der Waals surface area contributed by atoms with Crippen LogP contribution in [0.4, 0.5) is 11.4 Å². The van der Waals surface area contributed by atoms with Crippen LogP contribution in [-0.4, -0.2) is 42.2 Å². The zero-order valence-electron chi connectivity index (χ0n) is 11.9. The topological polar surface area (TPSA) is 87.3 Å². The van der Waals surface area contributed by atoms with Crippen molar-refractivity contribution in [3.05, 3.63) is 52.7 Å². The quantitative estimate of drug-likeness (QED) is 0.878. The van der Waals surface area contributed by atoms with Crippen molar-refractivity contribution in [1.29, 1.82) is 0 Å². The van der Waals surface area contributed by atoms with E-state index < -0.39 is 11.5 Å². The van der Waals surface area contributed by atoms with Gasteiger partial charge in [0, 0.05) is 19.3 Å². The van der Waals surface area contributed by atoms with Crippen molar-refractivity contribution in [2.24, 2.45) is 0 Å². The first-order chi connectivity index (χ1) is 10.8. The van der Waals surface area contributed by atoms with Crippen molar-refractivity contribution in [2.75, 3.05) is 36.5 Å². The molecule has 114 valence electrons. The van der Waals surface area contributed by atoms with E-state index in [0.717, 1.165) is 18.8 Å². The Morgan fingerprint density at radius 3 is 2.82 bits per heavy atom. The minimum atomic E-state index is -0.477. The van der Waals surface area contributed by atoms with Gasteiger partial charge in [0.2, 0.25) is 0 Å². The first-order valence-electron chi connectivity index (χ1n) is 7.01. The van der Waals surface area contributed by atoms with Crippen molar-refractivity contribution < 1.29 is 9.53 Å². The number of carbonyl (C=O) groups is 1. The molecule has 2 N–H and O–H groups in total. The fraction of sp³-hybridized carbons (Fsp3) is 0.267. The van der Waals surface area contributed by atoms with Gasteiger partial charge in [0.05, 0.1) is 30.9 Å². The molecule has 3 rings (SSSR count). The van der Waals surface area contributed by atoms with Crippen LogP contribution >= 0.6 is 0 Å². The van der Waals surface area contributed by atoms with Gasteiger partial charge in [-0.15, -0.1) is 0 Å². The molecule has 7 heteroatoms. The minimum absolute atomic E-state index is 0.0146. The van der Waals surface area contributed by atoms with Gasteiger partial charge in [-0.2, -0.15) is 0 Å². The predicted octanol–water partition coefficient (Wildman–Crippen LogP) is 0.859. The molecule has 7 nitrogen and oxygen atoms in total. The number of nitrogens with one attached hydrogen (secondary N) is 2. The smallest absolute Gasteiger partial charge is 0.263 e. The maximum absolute atomic E-state index is 12.3. The third-order valence-electron chi connectivity index (χ3n) is 3.47.